The second-order valence-electron chi connectivity index (χ2n) is 5.82. The van der Waals surface area contributed by atoms with Crippen LogP contribution in [0, 0.1) is 12.8 Å². The van der Waals surface area contributed by atoms with Crippen LogP contribution in [0.15, 0.2) is 18.2 Å². The Bertz CT molecular complexity index is 387. The molecule has 2 nitrogen and oxygen atoms in total. The fourth-order valence-corrected chi connectivity index (χ4v) is 2.84. The molecule has 1 aliphatic rings. The van der Waals surface area contributed by atoms with Crippen LogP contribution in [-0.4, -0.2) is 6.04 Å². The average Bonchev–Trinajstić information content (AvgIpc) is 2.56. The number of rotatable bonds is 3. The summed E-state index contributed by atoms with van der Waals surface area (Å²) in [4.78, 5) is 0. The maximum absolute atomic E-state index is 5.94. The minimum absolute atomic E-state index is 0.691. The van der Waals surface area contributed by atoms with Gasteiger partial charge in [-0.15, -0.1) is 0 Å². The van der Waals surface area contributed by atoms with E-state index in [-0.39, 0.29) is 0 Å². The number of nitrogen functional groups attached to an aromatic ring is 1. The zero-order valence-electron chi connectivity index (χ0n) is 11.7. The smallest absolute Gasteiger partial charge is 0.0346 e. The van der Waals surface area contributed by atoms with Crippen LogP contribution in [0.4, 0.5) is 5.69 Å². The van der Waals surface area contributed by atoms with E-state index in [1.807, 2.05) is 6.07 Å². The molecule has 2 heteroatoms. The highest BCUT2D eigenvalue weighted by atomic mass is 14.9. The summed E-state index contributed by atoms with van der Waals surface area (Å²) >= 11 is 0. The maximum Gasteiger partial charge on any atom is 0.0346 e. The second-order valence-corrected chi connectivity index (χ2v) is 5.82. The van der Waals surface area contributed by atoms with Gasteiger partial charge >= 0.3 is 0 Å². The monoisotopic (exact) mass is 246 g/mol. The lowest BCUT2D eigenvalue weighted by Crippen LogP contribution is -2.28. The predicted molar refractivity (Wildman–Crippen MR) is 78.5 cm³/mol. The fourth-order valence-electron chi connectivity index (χ4n) is 2.84. The van der Waals surface area contributed by atoms with E-state index in [1.165, 1.54) is 43.2 Å². The molecule has 0 bridgehead atoms. The number of anilines is 1. The minimum atomic E-state index is 0.691. The molecule has 0 aromatic heterocycles. The summed E-state index contributed by atoms with van der Waals surface area (Å²) in [5, 5.41) is 3.71. The molecule has 0 saturated heterocycles. The van der Waals surface area contributed by atoms with E-state index in [0.29, 0.717) is 6.04 Å². The summed E-state index contributed by atoms with van der Waals surface area (Å²) in [6, 6.07) is 6.90. The van der Waals surface area contributed by atoms with Crippen LogP contribution in [0.5, 0.6) is 0 Å². The third-order valence-corrected chi connectivity index (χ3v) is 4.33. The highest BCUT2D eigenvalue weighted by Crippen LogP contribution is 2.23. The highest BCUT2D eigenvalue weighted by Gasteiger charge is 2.15. The Morgan fingerprint density at radius 1 is 1.22 bits per heavy atom. The summed E-state index contributed by atoms with van der Waals surface area (Å²) in [7, 11) is 0. The summed E-state index contributed by atoms with van der Waals surface area (Å²) in [5.74, 6) is 0.908. The molecule has 1 aromatic rings. The molecule has 3 N–H and O–H groups in total. The molecule has 1 saturated carbocycles. The van der Waals surface area contributed by atoms with E-state index in [4.69, 9.17) is 5.73 Å². The van der Waals surface area contributed by atoms with Crippen molar-refractivity contribution in [3.8, 4) is 0 Å². The van der Waals surface area contributed by atoms with Crippen molar-refractivity contribution in [2.45, 2.75) is 58.5 Å². The lowest BCUT2D eigenvalue weighted by Gasteiger charge is -2.17. The molecule has 2 rings (SSSR count). The van der Waals surface area contributed by atoms with Crippen LogP contribution >= 0.6 is 0 Å². The van der Waals surface area contributed by atoms with Crippen molar-refractivity contribution >= 4 is 5.69 Å². The number of nitrogens with two attached hydrogens (primary N) is 1. The van der Waals surface area contributed by atoms with Crippen LogP contribution in [0.2, 0.25) is 0 Å². The first-order valence-corrected chi connectivity index (χ1v) is 7.24. The van der Waals surface area contributed by atoms with Gasteiger partial charge in [-0.05, 0) is 49.3 Å². The van der Waals surface area contributed by atoms with Crippen molar-refractivity contribution in [2.24, 2.45) is 5.92 Å². The van der Waals surface area contributed by atoms with Crippen LogP contribution in [0.1, 0.15) is 50.2 Å². The lowest BCUT2D eigenvalue weighted by atomic mass is 10.0. The minimum Gasteiger partial charge on any atom is -0.399 e. The molecule has 100 valence electrons. The predicted octanol–water partition coefficient (Wildman–Crippen LogP) is 3.64. The molecule has 2 atom stereocenters. The Kier molecular flexibility index (Phi) is 4.65. The molecular weight excluding hydrogens is 220 g/mol. The molecule has 0 radical (unpaired) electrons. The topological polar surface area (TPSA) is 38.0 Å². The Morgan fingerprint density at radius 2 is 2.06 bits per heavy atom. The zero-order chi connectivity index (χ0) is 13.0. The molecule has 1 aliphatic carbocycles. The van der Waals surface area contributed by atoms with Gasteiger partial charge < -0.3 is 11.1 Å². The average molecular weight is 246 g/mol. The van der Waals surface area contributed by atoms with E-state index in [1.54, 1.807) is 0 Å². The Balaban J connectivity index is 1.89. The largest absolute Gasteiger partial charge is 0.399 e. The first kappa shape index (κ1) is 13.4. The molecule has 0 aliphatic heterocycles. The van der Waals surface area contributed by atoms with E-state index in [9.17, 15) is 0 Å². The van der Waals surface area contributed by atoms with E-state index < -0.39 is 0 Å². The van der Waals surface area contributed by atoms with Crippen LogP contribution in [0.3, 0.4) is 0 Å². The lowest BCUT2D eigenvalue weighted by molar-refractivity contribution is 0.447. The second kappa shape index (κ2) is 6.24. The maximum atomic E-state index is 5.94. The van der Waals surface area contributed by atoms with Crippen molar-refractivity contribution < 1.29 is 0 Å². The SMILES string of the molecule is Cc1c(N)cccc1CNC1CCCC(C)CC1. The van der Waals surface area contributed by atoms with E-state index in [2.05, 4.69) is 31.3 Å². The van der Waals surface area contributed by atoms with E-state index in [0.717, 1.165) is 18.2 Å². The van der Waals surface area contributed by atoms with Gasteiger partial charge in [0.1, 0.15) is 0 Å². The number of nitrogens with one attached hydrogen (secondary N) is 1. The Morgan fingerprint density at radius 3 is 2.89 bits per heavy atom. The van der Waals surface area contributed by atoms with Crippen molar-refractivity contribution in [3.63, 3.8) is 0 Å². The molecule has 2 unspecified atom stereocenters. The van der Waals surface area contributed by atoms with Gasteiger partial charge in [0.25, 0.3) is 0 Å². The van der Waals surface area contributed by atoms with Gasteiger partial charge in [-0.3, -0.25) is 0 Å². The molecule has 1 aromatic carbocycles. The standard InChI is InChI=1S/C16H26N2/c1-12-5-3-7-15(10-9-12)18-11-14-6-4-8-16(17)13(14)2/h4,6,8,12,15,18H,3,5,7,9-11,17H2,1-2H3. The highest BCUT2D eigenvalue weighted by molar-refractivity contribution is 5.49. The molecule has 18 heavy (non-hydrogen) atoms. The van der Waals surface area contributed by atoms with Gasteiger partial charge in [-0.2, -0.15) is 0 Å². The van der Waals surface area contributed by atoms with Gasteiger partial charge in [-0.25, -0.2) is 0 Å². The van der Waals surface area contributed by atoms with Crippen LogP contribution in [-0.2, 0) is 6.54 Å². The van der Waals surface area contributed by atoms with Gasteiger partial charge in [0, 0.05) is 18.3 Å². The normalized spacial score (nSPS) is 24.8. The third kappa shape index (κ3) is 3.49. The first-order valence-electron chi connectivity index (χ1n) is 7.24. The van der Waals surface area contributed by atoms with Gasteiger partial charge in [-0.1, -0.05) is 31.9 Å². The van der Waals surface area contributed by atoms with Gasteiger partial charge in [0.05, 0.1) is 0 Å². The van der Waals surface area contributed by atoms with Crippen molar-refractivity contribution in [1.29, 1.82) is 0 Å². The Hall–Kier alpha value is -1.02. The number of hydrogen-bond donors (Lipinski definition) is 2. The first-order chi connectivity index (χ1) is 8.66. The third-order valence-electron chi connectivity index (χ3n) is 4.33. The molecule has 1 fully saturated rings. The van der Waals surface area contributed by atoms with Crippen molar-refractivity contribution in [2.75, 3.05) is 5.73 Å². The molecule has 0 heterocycles. The summed E-state index contributed by atoms with van der Waals surface area (Å²) in [6.45, 7) is 5.45. The van der Waals surface area contributed by atoms with Crippen molar-refractivity contribution in [3.05, 3.63) is 29.3 Å². The van der Waals surface area contributed by atoms with Gasteiger partial charge in [0.15, 0.2) is 0 Å². The zero-order valence-corrected chi connectivity index (χ0v) is 11.7. The summed E-state index contributed by atoms with van der Waals surface area (Å²) < 4.78 is 0. The number of hydrogen-bond acceptors (Lipinski definition) is 2. The summed E-state index contributed by atoms with van der Waals surface area (Å²) in [6.07, 6.45) is 6.78. The van der Waals surface area contributed by atoms with E-state index >= 15 is 0 Å². The molecular formula is C16H26N2. The van der Waals surface area contributed by atoms with Gasteiger partial charge in [0.2, 0.25) is 0 Å². The quantitative estimate of drug-likeness (QED) is 0.631. The molecule has 0 spiro atoms. The van der Waals surface area contributed by atoms with Crippen LogP contribution in [0.25, 0.3) is 0 Å². The Labute approximate surface area is 111 Å². The fraction of sp³-hybridized carbons (Fsp3) is 0.625. The number of benzene rings is 1. The summed E-state index contributed by atoms with van der Waals surface area (Å²) in [5.41, 5.74) is 9.42. The van der Waals surface area contributed by atoms with Crippen molar-refractivity contribution in [1.82, 2.24) is 5.32 Å². The van der Waals surface area contributed by atoms with Crippen LogP contribution < -0.4 is 11.1 Å². The molecule has 0 amide bonds.